The smallest absolute Gasteiger partial charge is 0.339 e. The number of allylic oxidation sites excluding steroid dienone is 3. The zero-order valence-electron chi connectivity index (χ0n) is 42.5. The number of alkyl halides is 2. The topological polar surface area (TPSA) is 452 Å². The lowest BCUT2D eigenvalue weighted by atomic mass is 10.2. The first-order valence-electron chi connectivity index (χ1n) is 21.8. The van der Waals surface area contributed by atoms with Crippen LogP contribution < -0.4 is 11.1 Å². The molecular formula is C51H62Cl2N4O22. The molecule has 4 aromatic carbocycles. The number of nitrogens with zero attached hydrogens (tertiary/aromatic N) is 2. The number of nitrogens with one attached hydrogen (secondary N) is 1. The number of aldehydes is 4. The summed E-state index contributed by atoms with van der Waals surface area (Å²) in [4.78, 5) is 121. The van der Waals surface area contributed by atoms with Crippen molar-refractivity contribution in [3.05, 3.63) is 150 Å². The van der Waals surface area contributed by atoms with Gasteiger partial charge in [0.15, 0.2) is 24.9 Å². The Balaban J connectivity index is -0.000000260. The van der Waals surface area contributed by atoms with Crippen LogP contribution in [-0.4, -0.2) is 179 Å². The van der Waals surface area contributed by atoms with Crippen molar-refractivity contribution in [3.8, 4) is 17.2 Å². The molecule has 432 valence electrons. The van der Waals surface area contributed by atoms with Gasteiger partial charge in [0.1, 0.15) is 53.9 Å². The summed E-state index contributed by atoms with van der Waals surface area (Å²) in [5, 5.41) is 87.0. The van der Waals surface area contributed by atoms with Crippen molar-refractivity contribution in [2.24, 2.45) is 5.73 Å². The maximum atomic E-state index is 11.1. The van der Waals surface area contributed by atoms with E-state index in [-0.39, 0.29) is 59.6 Å². The number of benzene rings is 4. The Morgan fingerprint density at radius 3 is 1.33 bits per heavy atom. The molecule has 28 heteroatoms. The lowest BCUT2D eigenvalue weighted by molar-refractivity contribution is -0.140. The molecule has 13 N–H and O–H groups in total. The fraction of sp³-hybridized carbons (Fsp3) is 0.216. The quantitative estimate of drug-likeness (QED) is 0.0126. The van der Waals surface area contributed by atoms with Crippen molar-refractivity contribution >= 4 is 96.0 Å². The molecule has 1 aliphatic heterocycles. The number of carbonyl (C=O) groups is 12. The zero-order valence-corrected chi connectivity index (χ0v) is 44.0. The molecule has 79 heavy (non-hydrogen) atoms. The second kappa shape index (κ2) is 52.1. The predicted octanol–water partition coefficient (Wildman–Crippen LogP) is 3.29. The summed E-state index contributed by atoms with van der Waals surface area (Å²) >= 11 is 9.87. The highest BCUT2D eigenvalue weighted by Gasteiger charge is 2.44. The van der Waals surface area contributed by atoms with Crippen LogP contribution >= 0.6 is 23.2 Å². The highest BCUT2D eigenvalue weighted by Crippen LogP contribution is 2.16. The minimum atomic E-state index is -1.82. The Labute approximate surface area is 462 Å². The van der Waals surface area contributed by atoms with Gasteiger partial charge in [-0.1, -0.05) is 66.8 Å². The molecule has 5 amide bonds. The fourth-order valence-corrected chi connectivity index (χ4v) is 4.17. The highest BCUT2D eigenvalue weighted by atomic mass is 35.5. The van der Waals surface area contributed by atoms with Gasteiger partial charge in [-0.25, -0.2) is 24.0 Å². The fourth-order valence-electron chi connectivity index (χ4n) is 4.08. The van der Waals surface area contributed by atoms with E-state index in [1.54, 1.807) is 78.9 Å². The van der Waals surface area contributed by atoms with Crippen LogP contribution in [0.5, 0.6) is 17.2 Å². The summed E-state index contributed by atoms with van der Waals surface area (Å²) in [6.07, 6.45) is 7.92. The molecule has 5 rings (SSSR count). The maximum Gasteiger partial charge on any atom is 0.339 e. The molecule has 0 aromatic heterocycles. The lowest BCUT2D eigenvalue weighted by Gasteiger charge is -2.16. The molecule has 1 atom stereocenters. The summed E-state index contributed by atoms with van der Waals surface area (Å²) < 4.78 is 0. The van der Waals surface area contributed by atoms with E-state index < -0.39 is 54.1 Å². The standard InChI is InChI=1S/2C7H6O3.C7H6O2.C6H10N2O4.C6H8O2.C6H6O.C5H8O2.C3H6ClNO2.C2H4ClNO.C2H2O2/c8-6-3-1-5(2-4-6)7(9)10;8-6-4-2-1-3-5(6)7(9)10;8-7(9)6-4-2-1-3-5-6;1-7-3(5(10)11)4(9)8(2)6(7)12;1-2-3-4-5-6(7)8;7-6-4-2-1-3-5-6;6-4-2-1-3-5-7;4-1-3(7)5-2-6;3-1-2(4)5;3-1-2-4/h2*1-4,8H,(H,9,10);1-5H,(H,8,9);3,5,10-11H,1-2H3;2-5H,1H3,(H,7,8);1-5,7H;4-5H,1-3H2;6H,1-2H2,(H,5,7);1H2,(H2,4,5);1-2H/b;;;;3-2+,5-4+;;;;;. The number of primary amides is 1. The number of hydrogen-bond donors (Lipinski definition) is 12. The molecule has 0 radical (unpaired) electrons. The Bertz CT molecular complexity index is 2450. The number of aliphatic hydroxyl groups is 3. The van der Waals surface area contributed by atoms with Gasteiger partial charge >= 0.3 is 29.9 Å². The number of aliphatic carboxylic acids is 1. The molecule has 0 aliphatic carbocycles. The number of phenols is 3. The van der Waals surface area contributed by atoms with Gasteiger partial charge in [-0.2, -0.15) is 0 Å². The first-order valence-corrected chi connectivity index (χ1v) is 22.9. The molecule has 1 unspecified atom stereocenters. The minimum Gasteiger partial charge on any atom is -0.508 e. The van der Waals surface area contributed by atoms with Crippen molar-refractivity contribution in [2.75, 3.05) is 32.6 Å². The molecule has 1 aliphatic rings. The Morgan fingerprint density at radius 2 is 1.08 bits per heavy atom. The molecule has 1 fully saturated rings. The largest absolute Gasteiger partial charge is 0.508 e. The molecule has 0 spiro atoms. The predicted molar refractivity (Wildman–Crippen MR) is 285 cm³/mol. The number of carboxylic acid groups (broad SMARTS) is 4. The number of halogens is 2. The number of hydrogen-bond acceptors (Lipinski definition) is 18. The van der Waals surface area contributed by atoms with Crippen LogP contribution in [0.2, 0.25) is 0 Å². The SMILES string of the molecule is C/C=C/C=C/C(=O)O.CN1C(=O)C(C(O)O)N(C)C1=O.NC(=O)CCl.O=C(CCl)NCO.O=C(O)c1ccc(O)cc1.O=C(O)c1ccccc1.O=C(O)c1ccccc1O.O=CC=O.O=CCCCC=O.Oc1ccccc1. The number of unbranched alkanes of at least 4 members (excludes halogenated alkanes) is 2. The van der Waals surface area contributed by atoms with E-state index in [2.05, 4.69) is 11.1 Å². The van der Waals surface area contributed by atoms with Gasteiger partial charge in [0.05, 0.1) is 11.1 Å². The number of aromatic hydroxyl groups is 3. The van der Waals surface area contributed by atoms with E-state index >= 15 is 0 Å². The third-order valence-corrected chi connectivity index (χ3v) is 8.17. The normalized spacial score (nSPS) is 11.1. The number of carbonyl (C=O) groups excluding carboxylic acids is 8. The van der Waals surface area contributed by atoms with Crippen molar-refractivity contribution < 1.29 is 109 Å². The molecule has 26 nitrogen and oxygen atoms in total. The lowest BCUT2D eigenvalue weighted by Crippen LogP contribution is -2.41. The van der Waals surface area contributed by atoms with Crippen molar-refractivity contribution in [3.63, 3.8) is 0 Å². The Hall–Kier alpha value is -9.34. The van der Waals surface area contributed by atoms with E-state index in [1.807, 2.05) is 13.0 Å². The van der Waals surface area contributed by atoms with E-state index in [1.165, 1.54) is 56.6 Å². The van der Waals surface area contributed by atoms with Crippen LogP contribution in [0.3, 0.4) is 0 Å². The van der Waals surface area contributed by atoms with Crippen LogP contribution in [0.4, 0.5) is 4.79 Å². The molecule has 1 heterocycles. The van der Waals surface area contributed by atoms with E-state index in [0.717, 1.165) is 28.4 Å². The summed E-state index contributed by atoms with van der Waals surface area (Å²) in [5.74, 6) is -5.31. The van der Waals surface area contributed by atoms with Crippen LogP contribution in [0.25, 0.3) is 0 Å². The Kier molecular flexibility index (Phi) is 51.8. The summed E-state index contributed by atoms with van der Waals surface area (Å²) in [6, 6.07) is 26.5. The van der Waals surface area contributed by atoms with Gasteiger partial charge in [0.2, 0.25) is 11.8 Å². The van der Waals surface area contributed by atoms with Crippen molar-refractivity contribution in [1.29, 1.82) is 0 Å². The number of aromatic carboxylic acids is 3. The van der Waals surface area contributed by atoms with Crippen LogP contribution in [0.15, 0.2) is 133 Å². The number of para-hydroxylation sites is 2. The van der Waals surface area contributed by atoms with Gasteiger partial charge in [-0.05, 0) is 74.0 Å². The van der Waals surface area contributed by atoms with E-state index in [9.17, 15) is 47.9 Å². The molecule has 4 aromatic rings. The molecule has 0 saturated carbocycles. The van der Waals surface area contributed by atoms with Crippen LogP contribution in [0.1, 0.15) is 57.3 Å². The van der Waals surface area contributed by atoms with Gasteiger partial charge in [0.25, 0.3) is 5.91 Å². The van der Waals surface area contributed by atoms with E-state index in [0.29, 0.717) is 30.6 Å². The maximum absolute atomic E-state index is 11.1. The number of likely N-dealkylation sites (N-methyl/N-ethyl adjacent to an activating group) is 2. The monoisotopic (exact) mass is 1150 g/mol. The summed E-state index contributed by atoms with van der Waals surface area (Å²) in [7, 11) is 2.64. The van der Waals surface area contributed by atoms with Crippen LogP contribution in [-0.2, 0) is 38.4 Å². The minimum absolute atomic E-state index is 0.0671. The van der Waals surface area contributed by atoms with Crippen LogP contribution in [0, 0.1) is 0 Å². The number of carboxylic acids is 4. The number of phenolic OH excluding ortho intramolecular Hbond substituents is 2. The summed E-state index contributed by atoms with van der Waals surface area (Å²) in [5.41, 5.74) is 4.96. The second-order valence-electron chi connectivity index (χ2n) is 13.6. The van der Waals surface area contributed by atoms with E-state index in [4.69, 9.17) is 83.9 Å². The number of urea groups is 1. The van der Waals surface area contributed by atoms with Gasteiger partial charge < -0.3 is 76.6 Å². The van der Waals surface area contributed by atoms with Crippen molar-refractivity contribution in [1.82, 2.24) is 15.1 Å². The third kappa shape index (κ3) is 46.9. The molecular weight excluding hydrogens is 1090 g/mol. The summed E-state index contributed by atoms with van der Waals surface area (Å²) in [6.45, 7) is 1.48. The average molecular weight is 1150 g/mol. The number of nitrogens with two attached hydrogens (primary N) is 1. The van der Waals surface area contributed by atoms with Gasteiger partial charge in [-0.15, -0.1) is 23.2 Å². The van der Waals surface area contributed by atoms with Crippen molar-refractivity contribution in [2.45, 2.75) is 38.5 Å². The number of amides is 5. The van der Waals surface area contributed by atoms with Gasteiger partial charge in [0, 0.05) is 33.0 Å². The zero-order chi connectivity index (χ0) is 61.7. The number of rotatable bonds is 14. The second-order valence-corrected chi connectivity index (χ2v) is 14.1. The first-order chi connectivity index (χ1) is 37.3. The number of aliphatic hydroxyl groups excluding tert-OH is 2. The first kappa shape index (κ1) is 78.5. The Morgan fingerprint density at radius 1 is 0.646 bits per heavy atom. The highest BCUT2D eigenvalue weighted by molar-refractivity contribution is 6.27. The average Bonchev–Trinajstić information content (AvgIpc) is 3.62. The molecule has 1 saturated heterocycles. The third-order valence-electron chi connectivity index (χ3n) is 7.67. The van der Waals surface area contributed by atoms with Gasteiger partial charge in [-0.3, -0.25) is 28.9 Å². The number of imide groups is 1. The molecule has 0 bridgehead atoms.